The molecule has 0 spiro atoms. The molecule has 0 radical (unpaired) electrons. The number of likely N-dealkylation sites (tertiary alicyclic amines) is 1. The average Bonchev–Trinajstić information content (AvgIpc) is 2.89. The van der Waals surface area contributed by atoms with Gasteiger partial charge in [-0.25, -0.2) is 0 Å². The molecule has 176 valence electrons. The van der Waals surface area contributed by atoms with Crippen molar-refractivity contribution in [3.05, 3.63) is 70.8 Å². The number of aryl methyl sites for hydroxylation is 1. The molecule has 6 heteroatoms. The Labute approximate surface area is 196 Å². The summed E-state index contributed by atoms with van der Waals surface area (Å²) in [5, 5.41) is 3.05. The highest BCUT2D eigenvalue weighted by atomic mass is 16.5. The molecule has 2 fully saturated rings. The highest BCUT2D eigenvalue weighted by Crippen LogP contribution is 2.28. The number of ether oxygens (including phenoxy) is 1. The first kappa shape index (κ1) is 23.5. The molecule has 1 atom stereocenters. The van der Waals surface area contributed by atoms with Crippen LogP contribution in [0.15, 0.2) is 48.5 Å². The lowest BCUT2D eigenvalue weighted by Gasteiger charge is -2.33. The zero-order valence-electron chi connectivity index (χ0n) is 19.6. The number of nitrogens with zero attached hydrogens (tertiary/aromatic N) is 2. The number of carbonyl (C=O) groups is 2. The van der Waals surface area contributed by atoms with Crippen molar-refractivity contribution in [1.82, 2.24) is 15.1 Å². The summed E-state index contributed by atoms with van der Waals surface area (Å²) in [7, 11) is 0. The maximum absolute atomic E-state index is 13.1. The van der Waals surface area contributed by atoms with Crippen LogP contribution in [0, 0.1) is 0 Å². The third-order valence-corrected chi connectivity index (χ3v) is 6.76. The normalized spacial score (nSPS) is 19.3. The predicted octanol–water partition coefficient (Wildman–Crippen LogP) is 3.33. The van der Waals surface area contributed by atoms with Gasteiger partial charge in [-0.1, -0.05) is 31.2 Å². The molecule has 6 nitrogen and oxygen atoms in total. The van der Waals surface area contributed by atoms with Crippen molar-refractivity contribution in [1.29, 1.82) is 0 Å². The Morgan fingerprint density at radius 2 is 1.82 bits per heavy atom. The van der Waals surface area contributed by atoms with Crippen LogP contribution in [0.4, 0.5) is 0 Å². The first-order valence-electron chi connectivity index (χ1n) is 12.2. The SMILES string of the molecule is CCc1ccc(C(=O)N2CCCC(c3cccc(C(=O)NCCN4CCOCC4)c3)C2)cc1. The summed E-state index contributed by atoms with van der Waals surface area (Å²) in [5.74, 6) is 0.308. The summed E-state index contributed by atoms with van der Waals surface area (Å²) in [5.41, 5.74) is 3.81. The van der Waals surface area contributed by atoms with E-state index in [1.165, 1.54) is 5.56 Å². The summed E-state index contributed by atoms with van der Waals surface area (Å²) in [6.07, 6.45) is 2.97. The van der Waals surface area contributed by atoms with Crippen molar-refractivity contribution in [3.8, 4) is 0 Å². The van der Waals surface area contributed by atoms with Gasteiger partial charge in [-0.15, -0.1) is 0 Å². The molecular weight excluding hydrogens is 414 g/mol. The lowest BCUT2D eigenvalue weighted by molar-refractivity contribution is 0.0383. The Morgan fingerprint density at radius 1 is 1.03 bits per heavy atom. The van der Waals surface area contributed by atoms with E-state index in [-0.39, 0.29) is 17.7 Å². The monoisotopic (exact) mass is 449 g/mol. The minimum Gasteiger partial charge on any atom is -0.379 e. The van der Waals surface area contributed by atoms with Crippen LogP contribution >= 0.6 is 0 Å². The van der Waals surface area contributed by atoms with Gasteiger partial charge >= 0.3 is 0 Å². The molecule has 2 aliphatic heterocycles. The number of nitrogens with one attached hydrogen (secondary N) is 1. The number of piperidine rings is 1. The minimum atomic E-state index is -0.0372. The Kier molecular flexibility index (Phi) is 8.13. The van der Waals surface area contributed by atoms with Gasteiger partial charge in [0.15, 0.2) is 0 Å². The van der Waals surface area contributed by atoms with E-state index in [1.807, 2.05) is 47.4 Å². The summed E-state index contributed by atoms with van der Waals surface area (Å²) in [4.78, 5) is 30.0. The standard InChI is InChI=1S/C27H35N3O3/c1-2-21-8-10-22(11-9-21)27(32)30-13-4-7-25(20-30)23-5-3-6-24(19-23)26(31)28-12-14-29-15-17-33-18-16-29/h3,5-6,8-11,19,25H,2,4,7,12-18,20H2,1H3,(H,28,31). The molecule has 0 saturated carbocycles. The van der Waals surface area contributed by atoms with Gasteiger partial charge in [0.05, 0.1) is 13.2 Å². The molecule has 4 rings (SSSR count). The summed E-state index contributed by atoms with van der Waals surface area (Å²) < 4.78 is 5.37. The highest BCUT2D eigenvalue weighted by molar-refractivity contribution is 5.95. The van der Waals surface area contributed by atoms with E-state index < -0.39 is 0 Å². The zero-order valence-corrected chi connectivity index (χ0v) is 19.6. The molecule has 0 aromatic heterocycles. The van der Waals surface area contributed by atoms with Gasteiger partial charge in [0.1, 0.15) is 0 Å². The third-order valence-electron chi connectivity index (χ3n) is 6.76. The zero-order chi connectivity index (χ0) is 23.0. The Bertz CT molecular complexity index is 938. The Hall–Kier alpha value is -2.70. The topological polar surface area (TPSA) is 61.9 Å². The number of hydrogen-bond donors (Lipinski definition) is 1. The predicted molar refractivity (Wildman–Crippen MR) is 130 cm³/mol. The fourth-order valence-electron chi connectivity index (χ4n) is 4.69. The van der Waals surface area contributed by atoms with Gasteiger partial charge in [0.25, 0.3) is 11.8 Å². The molecule has 2 heterocycles. The van der Waals surface area contributed by atoms with Crippen LogP contribution in [-0.2, 0) is 11.2 Å². The summed E-state index contributed by atoms with van der Waals surface area (Å²) >= 11 is 0. The molecule has 33 heavy (non-hydrogen) atoms. The molecular formula is C27H35N3O3. The average molecular weight is 450 g/mol. The molecule has 0 bridgehead atoms. The molecule has 2 saturated heterocycles. The smallest absolute Gasteiger partial charge is 0.253 e. The van der Waals surface area contributed by atoms with Crippen molar-refractivity contribution in [2.24, 2.45) is 0 Å². The first-order valence-corrected chi connectivity index (χ1v) is 12.2. The highest BCUT2D eigenvalue weighted by Gasteiger charge is 2.26. The maximum Gasteiger partial charge on any atom is 0.253 e. The molecule has 1 N–H and O–H groups in total. The van der Waals surface area contributed by atoms with E-state index in [1.54, 1.807) is 0 Å². The van der Waals surface area contributed by atoms with Crippen molar-refractivity contribution < 1.29 is 14.3 Å². The maximum atomic E-state index is 13.1. The van der Waals surface area contributed by atoms with Gasteiger partial charge in [-0.05, 0) is 54.7 Å². The third kappa shape index (κ3) is 6.21. The van der Waals surface area contributed by atoms with Crippen molar-refractivity contribution in [2.45, 2.75) is 32.1 Å². The van der Waals surface area contributed by atoms with Gasteiger partial charge in [-0.2, -0.15) is 0 Å². The van der Waals surface area contributed by atoms with E-state index in [9.17, 15) is 9.59 Å². The van der Waals surface area contributed by atoms with Crippen LogP contribution in [0.5, 0.6) is 0 Å². The second kappa shape index (κ2) is 11.4. The lowest BCUT2D eigenvalue weighted by atomic mass is 9.89. The van der Waals surface area contributed by atoms with Crippen LogP contribution < -0.4 is 5.32 Å². The number of benzene rings is 2. The van der Waals surface area contributed by atoms with Gasteiger partial charge < -0.3 is 15.0 Å². The van der Waals surface area contributed by atoms with Gasteiger partial charge in [0, 0.05) is 56.3 Å². The first-order chi connectivity index (χ1) is 16.1. The second-order valence-corrected chi connectivity index (χ2v) is 8.98. The molecule has 2 aliphatic rings. The quantitative estimate of drug-likeness (QED) is 0.704. The molecule has 2 aromatic carbocycles. The van der Waals surface area contributed by atoms with Crippen molar-refractivity contribution in [3.63, 3.8) is 0 Å². The number of hydrogen-bond acceptors (Lipinski definition) is 4. The van der Waals surface area contributed by atoms with Gasteiger partial charge in [-0.3, -0.25) is 14.5 Å². The van der Waals surface area contributed by atoms with E-state index in [2.05, 4.69) is 23.2 Å². The van der Waals surface area contributed by atoms with Crippen molar-refractivity contribution >= 4 is 11.8 Å². The Morgan fingerprint density at radius 3 is 2.58 bits per heavy atom. The largest absolute Gasteiger partial charge is 0.379 e. The van der Waals surface area contributed by atoms with E-state index in [0.717, 1.165) is 69.8 Å². The number of rotatable bonds is 7. The van der Waals surface area contributed by atoms with Crippen molar-refractivity contribution in [2.75, 3.05) is 52.5 Å². The molecule has 2 amide bonds. The lowest BCUT2D eigenvalue weighted by Crippen LogP contribution is -2.41. The van der Waals surface area contributed by atoms with Crippen LogP contribution in [0.3, 0.4) is 0 Å². The van der Waals surface area contributed by atoms with Crippen LogP contribution in [-0.4, -0.2) is 74.1 Å². The van der Waals surface area contributed by atoms with E-state index >= 15 is 0 Å². The van der Waals surface area contributed by atoms with E-state index in [0.29, 0.717) is 18.7 Å². The molecule has 1 unspecified atom stereocenters. The number of amides is 2. The van der Waals surface area contributed by atoms with Crippen LogP contribution in [0.1, 0.15) is 57.5 Å². The molecule has 0 aliphatic carbocycles. The van der Waals surface area contributed by atoms with E-state index in [4.69, 9.17) is 4.74 Å². The second-order valence-electron chi connectivity index (χ2n) is 8.98. The fraction of sp³-hybridized carbons (Fsp3) is 0.481. The summed E-state index contributed by atoms with van der Waals surface area (Å²) in [6, 6.07) is 15.9. The molecule has 2 aromatic rings. The van der Waals surface area contributed by atoms with Crippen LogP contribution in [0.2, 0.25) is 0 Å². The fourth-order valence-corrected chi connectivity index (χ4v) is 4.69. The van der Waals surface area contributed by atoms with Crippen LogP contribution in [0.25, 0.3) is 0 Å². The summed E-state index contributed by atoms with van der Waals surface area (Å²) in [6.45, 7) is 8.44. The Balaban J connectivity index is 1.34. The minimum absolute atomic E-state index is 0.0372. The number of morpholine rings is 1. The number of carbonyl (C=O) groups excluding carboxylic acids is 2. The van der Waals surface area contributed by atoms with Gasteiger partial charge in [0.2, 0.25) is 0 Å².